The van der Waals surface area contributed by atoms with Crippen molar-refractivity contribution in [2.75, 3.05) is 39.4 Å². The summed E-state index contributed by atoms with van der Waals surface area (Å²) in [6.07, 6.45) is 6.68. The van der Waals surface area contributed by atoms with Gasteiger partial charge in [-0.1, -0.05) is 43.6 Å². The van der Waals surface area contributed by atoms with E-state index < -0.39 is 25.8 Å². The number of carbonyl (C=O) groups excluding carboxylic acids is 5. The molecule has 2 aromatic heterocycles. The first-order chi connectivity index (χ1) is 30.9. The highest BCUT2D eigenvalue weighted by atomic mass is 28.3. The van der Waals surface area contributed by atoms with Crippen LogP contribution in [0, 0.1) is 11.8 Å². The summed E-state index contributed by atoms with van der Waals surface area (Å²) in [6, 6.07) is 15.0. The number of nitrogens with zero attached hydrogens (tertiary/aromatic N) is 5. The van der Waals surface area contributed by atoms with Gasteiger partial charge in [0.2, 0.25) is 5.91 Å². The first kappa shape index (κ1) is 47.1. The van der Waals surface area contributed by atoms with Crippen LogP contribution in [0.5, 0.6) is 5.75 Å². The molecule has 2 atom stereocenters. The average Bonchev–Trinajstić information content (AvgIpc) is 3.95. The van der Waals surface area contributed by atoms with Crippen molar-refractivity contribution in [1.82, 2.24) is 24.3 Å². The molecule has 1 unspecified atom stereocenters. The molecule has 3 aliphatic rings. The zero-order valence-electron chi connectivity index (χ0n) is 39.0. The molecule has 2 fully saturated rings. The number of pyridine rings is 1. The maximum Gasteiger partial charge on any atom is 0.419 e. The van der Waals surface area contributed by atoms with E-state index >= 15 is 0 Å². The Morgan fingerprint density at radius 3 is 2.52 bits per heavy atom. The molecular formula is C50H62N6O8Si. The lowest BCUT2D eigenvalue weighted by molar-refractivity contribution is -0.158. The van der Waals surface area contributed by atoms with Crippen molar-refractivity contribution < 1.29 is 38.2 Å². The number of nitrogens with one attached hydrogen (secondary N) is 1. The summed E-state index contributed by atoms with van der Waals surface area (Å²) >= 11 is 0. The molecule has 14 nitrogen and oxygen atoms in total. The van der Waals surface area contributed by atoms with Crippen molar-refractivity contribution in [2.24, 2.45) is 0 Å². The Morgan fingerprint density at radius 1 is 1.00 bits per heavy atom. The second-order valence-corrected chi connectivity index (χ2v) is 25.1. The van der Waals surface area contributed by atoms with Crippen molar-refractivity contribution in [3.05, 3.63) is 88.2 Å². The molecule has 2 aromatic carbocycles. The van der Waals surface area contributed by atoms with Gasteiger partial charge < -0.3 is 24.4 Å². The summed E-state index contributed by atoms with van der Waals surface area (Å²) in [6.45, 7) is 13.8. The van der Waals surface area contributed by atoms with Crippen LogP contribution in [0.1, 0.15) is 115 Å². The van der Waals surface area contributed by atoms with Crippen molar-refractivity contribution in [2.45, 2.75) is 122 Å². The minimum absolute atomic E-state index is 0.0546. The largest absolute Gasteiger partial charge is 0.496 e. The number of likely N-dealkylation sites (tertiary alicyclic amines) is 2. The SMILES string of the molecule is COc1cc(CCCCC#Cc2cccc3c2CN(C2CCC(=O)N(COCC[Si](C)(C)C)C2=O)C3=O)ccc1C(=O)Nc1cc2c(cn1)cc([C@H]1CCCN1C)n2C(=O)OC(C)(C)C. The number of hydrogen-bond donors (Lipinski definition) is 1. The number of piperidine rings is 1. The van der Waals surface area contributed by atoms with Crippen molar-refractivity contribution in [3.63, 3.8) is 0 Å². The fourth-order valence-corrected chi connectivity index (χ4v) is 9.45. The van der Waals surface area contributed by atoms with Crippen LogP contribution in [0.2, 0.25) is 25.7 Å². The van der Waals surface area contributed by atoms with Gasteiger partial charge in [0.25, 0.3) is 17.7 Å². The first-order valence-electron chi connectivity index (χ1n) is 22.7. The summed E-state index contributed by atoms with van der Waals surface area (Å²) in [7, 11) is 2.26. The average molecular weight is 903 g/mol. The van der Waals surface area contributed by atoms with E-state index in [1.54, 1.807) is 33.9 Å². The first-order valence-corrected chi connectivity index (χ1v) is 26.4. The Labute approximate surface area is 383 Å². The van der Waals surface area contributed by atoms with Gasteiger partial charge in [0, 0.05) is 68.5 Å². The Hall–Kier alpha value is -5.82. The number of anilines is 1. The minimum Gasteiger partial charge on any atom is -0.496 e. The Balaban J connectivity index is 0.943. The Bertz CT molecular complexity index is 2550. The number of methoxy groups -OCH3 is 1. The third-order valence-electron chi connectivity index (χ3n) is 12.2. The number of unbranched alkanes of at least 4 members (excludes halogenated alkanes) is 2. The number of carbonyl (C=O) groups is 5. The van der Waals surface area contributed by atoms with Gasteiger partial charge >= 0.3 is 6.09 Å². The van der Waals surface area contributed by atoms with E-state index in [4.69, 9.17) is 14.2 Å². The van der Waals surface area contributed by atoms with Gasteiger partial charge in [-0.15, -0.1) is 0 Å². The highest BCUT2D eigenvalue weighted by Crippen LogP contribution is 2.36. The zero-order chi connectivity index (χ0) is 46.6. The lowest BCUT2D eigenvalue weighted by atomic mass is 10.0. The van der Waals surface area contributed by atoms with E-state index in [2.05, 4.69) is 53.7 Å². The van der Waals surface area contributed by atoms with Crippen LogP contribution < -0.4 is 10.1 Å². The summed E-state index contributed by atoms with van der Waals surface area (Å²) < 4.78 is 18.9. The molecule has 0 spiro atoms. The molecule has 7 rings (SSSR count). The van der Waals surface area contributed by atoms with Crippen molar-refractivity contribution >= 4 is 54.5 Å². The van der Waals surface area contributed by atoms with Gasteiger partial charge in [0.05, 0.1) is 24.2 Å². The molecule has 0 bridgehead atoms. The highest BCUT2D eigenvalue weighted by molar-refractivity contribution is 6.76. The van der Waals surface area contributed by atoms with Gasteiger partial charge in [-0.3, -0.25) is 29.0 Å². The number of aryl methyl sites for hydroxylation is 1. The number of fused-ring (bicyclic) bond motifs is 2. The molecule has 15 heteroatoms. The monoisotopic (exact) mass is 902 g/mol. The molecule has 3 aliphatic heterocycles. The molecule has 2 saturated heterocycles. The molecular weight excluding hydrogens is 841 g/mol. The molecule has 0 radical (unpaired) electrons. The number of hydrogen-bond acceptors (Lipinski definition) is 10. The molecule has 344 valence electrons. The van der Waals surface area contributed by atoms with E-state index in [1.807, 2.05) is 51.1 Å². The second kappa shape index (κ2) is 19.7. The number of ether oxygens (including phenoxy) is 3. The maximum absolute atomic E-state index is 13.6. The minimum atomic E-state index is -1.33. The lowest BCUT2D eigenvalue weighted by Gasteiger charge is -2.35. The van der Waals surface area contributed by atoms with E-state index in [1.165, 1.54) is 7.11 Å². The van der Waals surface area contributed by atoms with Gasteiger partial charge in [-0.2, -0.15) is 0 Å². The fourth-order valence-electron chi connectivity index (χ4n) is 8.70. The normalized spacial score (nSPS) is 17.9. The molecule has 4 aromatic rings. The maximum atomic E-state index is 13.6. The molecule has 4 amide bonds. The summed E-state index contributed by atoms with van der Waals surface area (Å²) in [5, 5.41) is 3.68. The second-order valence-electron chi connectivity index (χ2n) is 19.5. The van der Waals surface area contributed by atoms with Crippen LogP contribution in [0.3, 0.4) is 0 Å². The standard InChI is InChI=1S/C50H62N6O8Si/c1-50(2,3)64-49(61)56-41-29-44(51-30-35(41)28-42(56)39-19-14-24-53(39)4)52-46(58)37-21-20-33(27-43(37)62-5)15-11-9-10-12-16-34-17-13-18-36-38(34)31-54(47(36)59)40-22-23-45(57)55(48(40)60)32-63-25-26-65(6,7)8/h13,17-18,20-21,27-30,39-40H,9-11,14-15,19,22-26,31-32H2,1-8H3,(H,51,52,58)/t39-,40?/m1/s1. The number of rotatable bonds is 14. The number of imide groups is 1. The van der Waals surface area contributed by atoms with Crippen molar-refractivity contribution in [3.8, 4) is 17.6 Å². The smallest absolute Gasteiger partial charge is 0.419 e. The molecule has 5 heterocycles. The van der Waals surface area contributed by atoms with Crippen LogP contribution in [-0.2, 0) is 32.0 Å². The summed E-state index contributed by atoms with van der Waals surface area (Å²) in [5.74, 6) is 6.01. The van der Waals surface area contributed by atoms with Crippen molar-refractivity contribution in [1.29, 1.82) is 0 Å². The zero-order valence-corrected chi connectivity index (χ0v) is 40.0. The number of amides is 4. The quantitative estimate of drug-likeness (QED) is 0.0565. The van der Waals surface area contributed by atoms with Crippen LogP contribution in [0.15, 0.2) is 54.7 Å². The third kappa shape index (κ3) is 11.0. The van der Waals surface area contributed by atoms with Crippen LogP contribution >= 0.6 is 0 Å². The van der Waals surface area contributed by atoms with E-state index in [-0.39, 0.29) is 55.8 Å². The molecule has 65 heavy (non-hydrogen) atoms. The third-order valence-corrected chi connectivity index (χ3v) is 13.9. The molecule has 1 N–H and O–H groups in total. The van der Waals surface area contributed by atoms with E-state index in [0.29, 0.717) is 41.2 Å². The van der Waals surface area contributed by atoms with Gasteiger partial charge in [-0.05, 0) is 120 Å². The fraction of sp³-hybridized carbons (Fsp3) is 0.480. The topological polar surface area (TPSA) is 153 Å². The molecule has 0 saturated carbocycles. The van der Waals surface area contributed by atoms with Gasteiger partial charge in [-0.25, -0.2) is 14.3 Å². The predicted octanol–water partition coefficient (Wildman–Crippen LogP) is 8.40. The number of aromatic nitrogens is 2. The Kier molecular flexibility index (Phi) is 14.3. The van der Waals surface area contributed by atoms with Crippen LogP contribution in [0.4, 0.5) is 10.6 Å². The highest BCUT2D eigenvalue weighted by Gasteiger charge is 2.43. The van der Waals surface area contributed by atoms with Gasteiger partial charge in [0.1, 0.15) is 29.9 Å². The van der Waals surface area contributed by atoms with E-state index in [9.17, 15) is 24.0 Å². The molecule has 0 aliphatic carbocycles. The number of benzene rings is 2. The van der Waals surface area contributed by atoms with Gasteiger partial charge in [0.15, 0.2) is 0 Å². The predicted molar refractivity (Wildman–Crippen MR) is 252 cm³/mol. The van der Waals surface area contributed by atoms with Crippen LogP contribution in [0.25, 0.3) is 10.9 Å². The Morgan fingerprint density at radius 2 is 1.80 bits per heavy atom. The van der Waals surface area contributed by atoms with Crippen LogP contribution in [-0.4, -0.2) is 108 Å². The lowest BCUT2D eigenvalue weighted by Crippen LogP contribution is -2.55. The summed E-state index contributed by atoms with van der Waals surface area (Å²) in [4.78, 5) is 76.6. The summed E-state index contributed by atoms with van der Waals surface area (Å²) in [5.41, 5.74) is 4.22. The van der Waals surface area contributed by atoms with E-state index in [0.717, 1.165) is 77.4 Å².